The number of anilines is 1. The van der Waals surface area contributed by atoms with Gasteiger partial charge >= 0.3 is 0 Å². The number of aryl methyl sites for hydroxylation is 1. The fraction of sp³-hybridized carbons (Fsp3) is 0.0714. The Morgan fingerprint density at radius 3 is 2.61 bits per heavy atom. The van der Waals surface area contributed by atoms with Crippen LogP contribution in [0.3, 0.4) is 0 Å². The second-order valence-corrected chi connectivity index (χ2v) is 5.18. The van der Waals surface area contributed by atoms with Crippen molar-refractivity contribution in [2.75, 3.05) is 5.32 Å². The standard InChI is InChI=1S/C14H12BrNOS/c1-9-5-4-7-11(13(9)15)16-14(17)10-6-2-3-8-12(10)18/h2-8,18H,1H3,(H,16,17). The lowest BCUT2D eigenvalue weighted by Crippen LogP contribution is -2.13. The van der Waals surface area contributed by atoms with Crippen molar-refractivity contribution in [2.24, 2.45) is 0 Å². The molecule has 0 aromatic heterocycles. The molecule has 0 bridgehead atoms. The Morgan fingerprint density at radius 1 is 1.17 bits per heavy atom. The van der Waals surface area contributed by atoms with Crippen molar-refractivity contribution in [3.63, 3.8) is 0 Å². The summed E-state index contributed by atoms with van der Waals surface area (Å²) in [5, 5.41) is 2.87. The average Bonchev–Trinajstić information content (AvgIpc) is 2.35. The third-order valence-corrected chi connectivity index (χ3v) is 4.03. The summed E-state index contributed by atoms with van der Waals surface area (Å²) in [4.78, 5) is 12.8. The summed E-state index contributed by atoms with van der Waals surface area (Å²) in [7, 11) is 0. The number of carbonyl (C=O) groups excluding carboxylic acids is 1. The zero-order valence-electron chi connectivity index (χ0n) is 9.77. The van der Waals surface area contributed by atoms with Crippen molar-refractivity contribution in [3.8, 4) is 0 Å². The number of amides is 1. The van der Waals surface area contributed by atoms with Gasteiger partial charge in [0.05, 0.1) is 11.3 Å². The zero-order chi connectivity index (χ0) is 13.1. The maximum atomic E-state index is 12.1. The highest BCUT2D eigenvalue weighted by atomic mass is 79.9. The van der Waals surface area contributed by atoms with E-state index in [1.807, 2.05) is 37.3 Å². The van der Waals surface area contributed by atoms with Gasteiger partial charge in [-0.1, -0.05) is 24.3 Å². The van der Waals surface area contributed by atoms with Crippen molar-refractivity contribution in [1.82, 2.24) is 0 Å². The van der Waals surface area contributed by atoms with E-state index in [2.05, 4.69) is 33.9 Å². The van der Waals surface area contributed by atoms with Gasteiger partial charge in [-0.05, 0) is 46.6 Å². The number of carbonyl (C=O) groups is 1. The Balaban J connectivity index is 2.27. The summed E-state index contributed by atoms with van der Waals surface area (Å²) >= 11 is 7.74. The third kappa shape index (κ3) is 2.76. The molecule has 0 fully saturated rings. The maximum absolute atomic E-state index is 12.1. The van der Waals surface area contributed by atoms with E-state index in [-0.39, 0.29) is 5.91 Å². The van der Waals surface area contributed by atoms with E-state index < -0.39 is 0 Å². The minimum atomic E-state index is -0.160. The van der Waals surface area contributed by atoms with Crippen molar-refractivity contribution in [2.45, 2.75) is 11.8 Å². The van der Waals surface area contributed by atoms with E-state index in [4.69, 9.17) is 0 Å². The van der Waals surface area contributed by atoms with Crippen LogP contribution in [0.4, 0.5) is 5.69 Å². The van der Waals surface area contributed by atoms with E-state index in [1.54, 1.807) is 12.1 Å². The first-order valence-corrected chi connectivity index (χ1v) is 6.68. The molecule has 4 heteroatoms. The Morgan fingerprint density at radius 2 is 1.89 bits per heavy atom. The van der Waals surface area contributed by atoms with Crippen LogP contribution in [0.2, 0.25) is 0 Å². The summed E-state index contributed by atoms with van der Waals surface area (Å²) in [6.45, 7) is 1.98. The van der Waals surface area contributed by atoms with Crippen molar-refractivity contribution in [3.05, 3.63) is 58.1 Å². The first-order valence-electron chi connectivity index (χ1n) is 5.44. The molecule has 0 atom stereocenters. The molecule has 0 heterocycles. The number of rotatable bonds is 2. The molecule has 1 amide bonds. The first-order chi connectivity index (χ1) is 8.59. The zero-order valence-corrected chi connectivity index (χ0v) is 12.3. The topological polar surface area (TPSA) is 29.1 Å². The van der Waals surface area contributed by atoms with Crippen LogP contribution in [-0.4, -0.2) is 5.91 Å². The number of nitrogens with one attached hydrogen (secondary N) is 1. The molecule has 92 valence electrons. The van der Waals surface area contributed by atoms with Crippen molar-refractivity contribution < 1.29 is 4.79 Å². The molecule has 0 aliphatic carbocycles. The molecule has 0 saturated carbocycles. The molecular weight excluding hydrogens is 310 g/mol. The molecule has 0 aliphatic rings. The molecule has 0 spiro atoms. The van der Waals surface area contributed by atoms with Gasteiger partial charge in [-0.25, -0.2) is 0 Å². The number of hydrogen-bond acceptors (Lipinski definition) is 2. The van der Waals surface area contributed by atoms with E-state index in [0.29, 0.717) is 10.5 Å². The second kappa shape index (κ2) is 5.59. The van der Waals surface area contributed by atoms with Gasteiger partial charge in [-0.3, -0.25) is 4.79 Å². The van der Waals surface area contributed by atoms with Crippen molar-refractivity contribution >= 4 is 40.2 Å². The van der Waals surface area contributed by atoms with Crippen LogP contribution in [0.25, 0.3) is 0 Å². The summed E-state index contributed by atoms with van der Waals surface area (Å²) in [5.74, 6) is -0.160. The molecule has 0 unspecified atom stereocenters. The monoisotopic (exact) mass is 321 g/mol. The van der Waals surface area contributed by atoms with Crippen LogP contribution in [-0.2, 0) is 0 Å². The Kier molecular flexibility index (Phi) is 4.09. The molecule has 1 N–H and O–H groups in total. The molecule has 0 radical (unpaired) electrons. The van der Waals surface area contributed by atoms with Gasteiger partial charge in [0.1, 0.15) is 0 Å². The predicted molar refractivity (Wildman–Crippen MR) is 80.5 cm³/mol. The highest BCUT2D eigenvalue weighted by molar-refractivity contribution is 9.10. The fourth-order valence-corrected chi connectivity index (χ4v) is 2.22. The SMILES string of the molecule is Cc1cccc(NC(=O)c2ccccc2S)c1Br. The lowest BCUT2D eigenvalue weighted by molar-refractivity contribution is 0.102. The molecule has 0 saturated heterocycles. The molecule has 2 rings (SSSR count). The maximum Gasteiger partial charge on any atom is 0.256 e. The molecule has 2 aromatic carbocycles. The van der Waals surface area contributed by atoms with Crippen LogP contribution in [0.1, 0.15) is 15.9 Å². The minimum Gasteiger partial charge on any atom is -0.321 e. The van der Waals surface area contributed by atoms with Gasteiger partial charge in [-0.2, -0.15) is 0 Å². The van der Waals surface area contributed by atoms with Gasteiger partial charge in [0.2, 0.25) is 0 Å². The quantitative estimate of drug-likeness (QED) is 0.793. The average molecular weight is 322 g/mol. The van der Waals surface area contributed by atoms with Crippen LogP contribution in [0, 0.1) is 6.92 Å². The number of benzene rings is 2. The lowest BCUT2D eigenvalue weighted by atomic mass is 10.2. The van der Waals surface area contributed by atoms with Gasteiger partial charge < -0.3 is 5.32 Å². The molecule has 2 aromatic rings. The van der Waals surface area contributed by atoms with Gasteiger partial charge in [-0.15, -0.1) is 12.6 Å². The Hall–Kier alpha value is -1.26. The van der Waals surface area contributed by atoms with Crippen LogP contribution in [0.5, 0.6) is 0 Å². The second-order valence-electron chi connectivity index (χ2n) is 3.91. The minimum absolute atomic E-state index is 0.160. The number of halogens is 1. The van der Waals surface area contributed by atoms with Gasteiger partial charge in [0, 0.05) is 9.37 Å². The highest BCUT2D eigenvalue weighted by Crippen LogP contribution is 2.26. The van der Waals surface area contributed by atoms with Crippen LogP contribution >= 0.6 is 28.6 Å². The Bertz CT molecular complexity index is 598. The van der Waals surface area contributed by atoms with E-state index in [1.165, 1.54) is 0 Å². The molecule has 2 nitrogen and oxygen atoms in total. The fourth-order valence-electron chi connectivity index (χ4n) is 1.60. The summed E-state index contributed by atoms with van der Waals surface area (Å²) < 4.78 is 0.898. The van der Waals surface area contributed by atoms with Crippen LogP contribution < -0.4 is 5.32 Å². The molecule has 0 aliphatic heterocycles. The molecule has 18 heavy (non-hydrogen) atoms. The van der Waals surface area contributed by atoms with Gasteiger partial charge in [0.15, 0.2) is 0 Å². The van der Waals surface area contributed by atoms with Crippen molar-refractivity contribution in [1.29, 1.82) is 0 Å². The molecular formula is C14H12BrNOS. The van der Waals surface area contributed by atoms with E-state index in [0.717, 1.165) is 15.7 Å². The smallest absolute Gasteiger partial charge is 0.256 e. The van der Waals surface area contributed by atoms with E-state index >= 15 is 0 Å². The Labute approximate surface area is 120 Å². The van der Waals surface area contributed by atoms with Crippen LogP contribution in [0.15, 0.2) is 51.8 Å². The first kappa shape index (κ1) is 13.2. The highest BCUT2D eigenvalue weighted by Gasteiger charge is 2.11. The lowest BCUT2D eigenvalue weighted by Gasteiger charge is -2.10. The predicted octanol–water partition coefficient (Wildman–Crippen LogP) is 4.30. The number of thiol groups is 1. The normalized spacial score (nSPS) is 10.2. The van der Waals surface area contributed by atoms with Gasteiger partial charge in [0.25, 0.3) is 5.91 Å². The van der Waals surface area contributed by atoms with E-state index in [9.17, 15) is 4.79 Å². The largest absolute Gasteiger partial charge is 0.321 e. The third-order valence-electron chi connectivity index (χ3n) is 2.59. The summed E-state index contributed by atoms with van der Waals surface area (Å²) in [5.41, 5.74) is 2.40. The number of hydrogen-bond donors (Lipinski definition) is 2. The summed E-state index contributed by atoms with van der Waals surface area (Å²) in [6, 6.07) is 13.0. The summed E-state index contributed by atoms with van der Waals surface area (Å²) in [6.07, 6.45) is 0.